The molecule has 1 fully saturated rings. The summed E-state index contributed by atoms with van der Waals surface area (Å²) in [6, 6.07) is 0. The van der Waals surface area contributed by atoms with Gasteiger partial charge >= 0.3 is 0 Å². The zero-order valence-corrected chi connectivity index (χ0v) is 11.1. The van der Waals surface area contributed by atoms with E-state index >= 15 is 0 Å². The number of nitrogens with zero attached hydrogens (tertiary/aromatic N) is 3. The van der Waals surface area contributed by atoms with Crippen molar-refractivity contribution < 1.29 is 14.4 Å². The summed E-state index contributed by atoms with van der Waals surface area (Å²) < 4.78 is 5.11. The van der Waals surface area contributed by atoms with E-state index < -0.39 is 0 Å². The number of hydrogen-bond donors (Lipinski definition) is 2. The standard InChI is InChI=1S/C12H18N4O3/c1-8-9(19-7-14-8)10(17)16-5-3-12(2,4-6-16)11(13)15-18/h7,18H,3-6H2,1-2H3,(H2,13,15). The third-order valence-corrected chi connectivity index (χ3v) is 3.82. The van der Waals surface area contributed by atoms with Gasteiger partial charge in [-0.3, -0.25) is 4.79 Å². The van der Waals surface area contributed by atoms with Gasteiger partial charge in [0.25, 0.3) is 5.91 Å². The molecule has 0 atom stereocenters. The van der Waals surface area contributed by atoms with Crippen LogP contribution in [0.5, 0.6) is 0 Å². The van der Waals surface area contributed by atoms with Gasteiger partial charge in [0.2, 0.25) is 5.76 Å². The van der Waals surface area contributed by atoms with Gasteiger partial charge in [-0.25, -0.2) is 4.98 Å². The van der Waals surface area contributed by atoms with E-state index in [9.17, 15) is 4.79 Å². The molecule has 1 aliphatic rings. The average molecular weight is 266 g/mol. The highest BCUT2D eigenvalue weighted by molar-refractivity contribution is 5.93. The molecule has 3 N–H and O–H groups in total. The minimum absolute atomic E-state index is 0.156. The molecule has 7 nitrogen and oxygen atoms in total. The Morgan fingerprint density at radius 3 is 2.68 bits per heavy atom. The van der Waals surface area contributed by atoms with Crippen molar-refractivity contribution in [2.24, 2.45) is 16.3 Å². The third-order valence-electron chi connectivity index (χ3n) is 3.82. The van der Waals surface area contributed by atoms with Crippen molar-refractivity contribution in [2.75, 3.05) is 13.1 Å². The molecule has 2 rings (SSSR count). The maximum Gasteiger partial charge on any atom is 0.291 e. The first kappa shape index (κ1) is 13.4. The number of aryl methyl sites for hydroxylation is 1. The number of oxime groups is 1. The van der Waals surface area contributed by atoms with Gasteiger partial charge in [0, 0.05) is 18.5 Å². The zero-order chi connectivity index (χ0) is 14.0. The molecule has 0 aliphatic carbocycles. The van der Waals surface area contributed by atoms with Crippen LogP contribution in [0.1, 0.15) is 36.0 Å². The fourth-order valence-corrected chi connectivity index (χ4v) is 2.23. The highest BCUT2D eigenvalue weighted by Gasteiger charge is 2.36. The van der Waals surface area contributed by atoms with Crippen molar-refractivity contribution in [2.45, 2.75) is 26.7 Å². The monoisotopic (exact) mass is 266 g/mol. The van der Waals surface area contributed by atoms with Crippen LogP contribution in [-0.4, -0.2) is 39.9 Å². The quantitative estimate of drug-likeness (QED) is 0.359. The van der Waals surface area contributed by atoms with Crippen molar-refractivity contribution in [1.82, 2.24) is 9.88 Å². The van der Waals surface area contributed by atoms with Gasteiger partial charge in [-0.1, -0.05) is 12.1 Å². The van der Waals surface area contributed by atoms with Crippen LogP contribution < -0.4 is 5.73 Å². The molecule has 0 aromatic carbocycles. The van der Waals surface area contributed by atoms with E-state index in [-0.39, 0.29) is 22.9 Å². The molecule has 104 valence electrons. The van der Waals surface area contributed by atoms with E-state index in [2.05, 4.69) is 10.1 Å². The van der Waals surface area contributed by atoms with E-state index in [0.29, 0.717) is 31.6 Å². The second-order valence-electron chi connectivity index (χ2n) is 5.10. The molecular weight excluding hydrogens is 248 g/mol. The van der Waals surface area contributed by atoms with Crippen LogP contribution in [0, 0.1) is 12.3 Å². The minimum atomic E-state index is -0.359. The first-order valence-electron chi connectivity index (χ1n) is 6.15. The molecule has 1 aromatic rings. The van der Waals surface area contributed by atoms with Crippen LogP contribution in [0.15, 0.2) is 16.0 Å². The van der Waals surface area contributed by atoms with Gasteiger partial charge in [-0.05, 0) is 19.8 Å². The average Bonchev–Trinajstić information content (AvgIpc) is 2.84. The predicted octanol–water partition coefficient (Wildman–Crippen LogP) is 0.972. The van der Waals surface area contributed by atoms with Gasteiger partial charge < -0.3 is 20.3 Å². The summed E-state index contributed by atoms with van der Waals surface area (Å²) in [6.45, 7) is 4.77. The smallest absolute Gasteiger partial charge is 0.291 e. The Hall–Kier alpha value is -2.05. The number of nitrogens with two attached hydrogens (primary N) is 1. The van der Waals surface area contributed by atoms with Crippen molar-refractivity contribution in [3.05, 3.63) is 17.8 Å². The zero-order valence-electron chi connectivity index (χ0n) is 11.1. The minimum Gasteiger partial charge on any atom is -0.438 e. The molecule has 0 unspecified atom stereocenters. The molecule has 7 heteroatoms. The summed E-state index contributed by atoms with van der Waals surface area (Å²) in [7, 11) is 0. The van der Waals surface area contributed by atoms with E-state index in [1.807, 2.05) is 6.92 Å². The molecule has 0 saturated carbocycles. The van der Waals surface area contributed by atoms with Crippen LogP contribution in [-0.2, 0) is 0 Å². The Kier molecular flexibility index (Phi) is 3.46. The molecule has 19 heavy (non-hydrogen) atoms. The molecule has 0 spiro atoms. The number of carbonyl (C=O) groups is 1. The second kappa shape index (κ2) is 4.91. The number of amides is 1. The van der Waals surface area contributed by atoms with Gasteiger partial charge in [-0.2, -0.15) is 0 Å². The molecule has 0 bridgehead atoms. The Balaban J connectivity index is 2.05. The lowest BCUT2D eigenvalue weighted by Gasteiger charge is -2.38. The number of carbonyl (C=O) groups excluding carboxylic acids is 1. The van der Waals surface area contributed by atoms with Crippen LogP contribution in [0.25, 0.3) is 0 Å². The number of aromatic nitrogens is 1. The van der Waals surface area contributed by atoms with Crippen LogP contribution in [0.3, 0.4) is 0 Å². The lowest BCUT2D eigenvalue weighted by atomic mass is 9.79. The fraction of sp³-hybridized carbons (Fsp3) is 0.583. The third kappa shape index (κ3) is 2.40. The number of hydrogen-bond acceptors (Lipinski definition) is 5. The highest BCUT2D eigenvalue weighted by atomic mass is 16.4. The van der Waals surface area contributed by atoms with E-state index in [1.165, 1.54) is 6.39 Å². The van der Waals surface area contributed by atoms with E-state index in [0.717, 1.165) is 0 Å². The molecule has 2 heterocycles. The maximum atomic E-state index is 12.2. The second-order valence-corrected chi connectivity index (χ2v) is 5.10. The lowest BCUT2D eigenvalue weighted by molar-refractivity contribution is 0.0633. The SMILES string of the molecule is Cc1ncoc1C(=O)N1CCC(C)(C(N)=NO)CC1. The number of oxazole rings is 1. The summed E-state index contributed by atoms with van der Waals surface area (Å²) in [5.74, 6) is 0.347. The van der Waals surface area contributed by atoms with Crippen LogP contribution in [0.4, 0.5) is 0 Å². The Bertz CT molecular complexity index is 501. The van der Waals surface area contributed by atoms with E-state index in [4.69, 9.17) is 15.4 Å². The molecular formula is C12H18N4O3. The van der Waals surface area contributed by atoms with Crippen LogP contribution >= 0.6 is 0 Å². The highest BCUT2D eigenvalue weighted by Crippen LogP contribution is 2.31. The Labute approximate surface area is 111 Å². The number of likely N-dealkylation sites (tertiary alicyclic amines) is 1. The Morgan fingerprint density at radius 2 is 2.21 bits per heavy atom. The molecule has 0 radical (unpaired) electrons. The largest absolute Gasteiger partial charge is 0.438 e. The topological polar surface area (TPSA) is 105 Å². The van der Waals surface area contributed by atoms with Gasteiger partial charge in [0.05, 0.1) is 5.69 Å². The van der Waals surface area contributed by atoms with Gasteiger partial charge in [0.1, 0.15) is 5.84 Å². The van der Waals surface area contributed by atoms with E-state index in [1.54, 1.807) is 11.8 Å². The van der Waals surface area contributed by atoms with Crippen molar-refractivity contribution >= 4 is 11.7 Å². The molecule has 1 aromatic heterocycles. The van der Waals surface area contributed by atoms with Crippen LogP contribution in [0.2, 0.25) is 0 Å². The summed E-state index contributed by atoms with van der Waals surface area (Å²) in [6.07, 6.45) is 2.58. The fourth-order valence-electron chi connectivity index (χ4n) is 2.23. The van der Waals surface area contributed by atoms with Gasteiger partial charge in [-0.15, -0.1) is 0 Å². The lowest BCUT2D eigenvalue weighted by Crippen LogP contribution is -2.47. The number of piperidine rings is 1. The normalized spacial score (nSPS) is 19.5. The van der Waals surface area contributed by atoms with Crippen molar-refractivity contribution in [3.63, 3.8) is 0 Å². The molecule has 1 aliphatic heterocycles. The molecule has 1 saturated heterocycles. The Morgan fingerprint density at radius 1 is 1.58 bits per heavy atom. The summed E-state index contributed by atoms with van der Waals surface area (Å²) in [5.41, 5.74) is 5.92. The van der Waals surface area contributed by atoms with Gasteiger partial charge in [0.15, 0.2) is 6.39 Å². The van der Waals surface area contributed by atoms with Crippen molar-refractivity contribution in [1.29, 1.82) is 0 Å². The predicted molar refractivity (Wildman–Crippen MR) is 67.9 cm³/mol. The molecule has 1 amide bonds. The number of rotatable bonds is 2. The summed E-state index contributed by atoms with van der Waals surface area (Å²) in [4.78, 5) is 17.8. The first-order valence-corrected chi connectivity index (χ1v) is 6.15. The summed E-state index contributed by atoms with van der Waals surface area (Å²) >= 11 is 0. The first-order chi connectivity index (χ1) is 8.98. The maximum absolute atomic E-state index is 12.2. The number of amidine groups is 1. The summed E-state index contributed by atoms with van der Waals surface area (Å²) in [5, 5.41) is 11.9. The van der Waals surface area contributed by atoms with Crippen molar-refractivity contribution in [3.8, 4) is 0 Å².